The van der Waals surface area contributed by atoms with Gasteiger partial charge in [-0.05, 0) is 0 Å². The summed E-state index contributed by atoms with van der Waals surface area (Å²) in [6, 6.07) is 0. The van der Waals surface area contributed by atoms with E-state index in [1.54, 1.807) is 0 Å². The molecule has 0 atom stereocenters. The van der Waals surface area contributed by atoms with Gasteiger partial charge in [-0.2, -0.15) is 13.2 Å². The average Bonchev–Trinajstić information content (AvgIpc) is 1.62. The van der Waals surface area contributed by atoms with Gasteiger partial charge in [0.15, 0.2) is 4.99 Å². The van der Waals surface area contributed by atoms with E-state index in [2.05, 4.69) is 12.2 Å². The van der Waals surface area contributed by atoms with Crippen molar-refractivity contribution in [1.82, 2.24) is 5.48 Å². The van der Waals surface area contributed by atoms with Gasteiger partial charge in [-0.25, -0.2) is 0 Å². The van der Waals surface area contributed by atoms with Crippen molar-refractivity contribution < 1.29 is 13.2 Å². The molecule has 0 saturated heterocycles. The third-order valence-electron chi connectivity index (χ3n) is 0.350. The van der Waals surface area contributed by atoms with Crippen molar-refractivity contribution in [3.8, 4) is 0 Å². The van der Waals surface area contributed by atoms with Crippen LogP contribution in [0.15, 0.2) is 0 Å². The maximum atomic E-state index is 11.0. The van der Waals surface area contributed by atoms with E-state index in [0.29, 0.717) is 5.48 Å². The topological polar surface area (TPSA) is 35.1 Å². The molecule has 8 heavy (non-hydrogen) atoms. The average molecular weight is 144 g/mol. The molecule has 0 aromatic carbocycles. The Morgan fingerprint density at radius 1 is 1.50 bits per heavy atom. The second-order valence-corrected chi connectivity index (χ2v) is 1.34. The third-order valence-corrected chi connectivity index (χ3v) is 0.665. The van der Waals surface area contributed by atoms with Crippen molar-refractivity contribution in [2.45, 2.75) is 6.18 Å². The first kappa shape index (κ1) is 7.64. The molecule has 0 unspecified atom stereocenters. The molecule has 0 spiro atoms. The highest BCUT2D eigenvalue weighted by Crippen LogP contribution is 2.14. The highest BCUT2D eigenvalue weighted by Gasteiger charge is 2.31. The fraction of sp³-hybridized carbons (Fsp3) is 0.500. The fourth-order valence-electron chi connectivity index (χ4n) is 0.0579. The van der Waals surface area contributed by atoms with Crippen LogP contribution in [0.25, 0.3) is 0 Å². The Morgan fingerprint density at radius 2 is 1.88 bits per heavy atom. The van der Waals surface area contributed by atoms with Crippen molar-refractivity contribution in [2.24, 2.45) is 0 Å². The molecule has 2 nitrogen and oxygen atoms in total. The van der Waals surface area contributed by atoms with Crippen LogP contribution in [0.4, 0.5) is 13.2 Å². The number of nitrogens with one attached hydrogen (secondary N) is 1. The van der Waals surface area contributed by atoms with Crippen LogP contribution in [0.1, 0.15) is 0 Å². The number of hydrogen-bond acceptors (Lipinski definition) is 2. The second-order valence-electron chi connectivity index (χ2n) is 0.929. The Bertz CT molecular complexity index is 99.9. The Hall–Kier alpha value is -0.360. The predicted octanol–water partition coefficient (Wildman–Crippen LogP) is 0.964. The summed E-state index contributed by atoms with van der Waals surface area (Å²) < 4.78 is 33.1. The zero-order valence-electron chi connectivity index (χ0n) is 3.45. The Balaban J connectivity index is 3.82. The highest BCUT2D eigenvalue weighted by atomic mass is 32.1. The molecule has 1 N–H and O–H groups in total. The van der Waals surface area contributed by atoms with E-state index in [-0.39, 0.29) is 0 Å². The monoisotopic (exact) mass is 144 g/mol. The standard InChI is InChI=1S/C2HF3NOS/c3-2(4,5)1(8)6-7/h(H-,6,7,8)/q-1. The number of hydroxylamine groups is 1. The van der Waals surface area contributed by atoms with E-state index in [0.717, 1.165) is 0 Å². The van der Waals surface area contributed by atoms with E-state index in [9.17, 15) is 13.2 Å². The molecule has 0 amide bonds. The van der Waals surface area contributed by atoms with Crippen LogP contribution in [-0.4, -0.2) is 11.2 Å². The summed E-state index contributed by atoms with van der Waals surface area (Å²) in [5.74, 6) is 0. The molecule has 0 aliphatic carbocycles. The maximum absolute atomic E-state index is 11.0. The van der Waals surface area contributed by atoms with Crippen LogP contribution >= 0.6 is 12.2 Å². The van der Waals surface area contributed by atoms with Crippen molar-refractivity contribution in [3.63, 3.8) is 0 Å². The highest BCUT2D eigenvalue weighted by molar-refractivity contribution is 7.80. The van der Waals surface area contributed by atoms with Gasteiger partial charge in [0, 0.05) is 0 Å². The van der Waals surface area contributed by atoms with Crippen LogP contribution in [-0.2, 0) is 0 Å². The molecule has 0 radical (unpaired) electrons. The summed E-state index contributed by atoms with van der Waals surface area (Å²) in [6.07, 6.45) is -4.68. The van der Waals surface area contributed by atoms with Gasteiger partial charge in [0.2, 0.25) is 0 Å². The molecular formula is C2HF3NOS-. The summed E-state index contributed by atoms with van der Waals surface area (Å²) in [4.78, 5) is -1.64. The summed E-state index contributed by atoms with van der Waals surface area (Å²) in [6.45, 7) is 0. The van der Waals surface area contributed by atoms with E-state index in [4.69, 9.17) is 5.21 Å². The summed E-state index contributed by atoms with van der Waals surface area (Å²) in [5, 5.41) is 9.17. The SMILES string of the molecule is [O-]NC(=S)C(F)(F)F. The molecule has 0 fully saturated rings. The van der Waals surface area contributed by atoms with Gasteiger partial charge in [0.05, 0.1) is 0 Å². The van der Waals surface area contributed by atoms with Crippen molar-refractivity contribution in [2.75, 3.05) is 0 Å². The Labute approximate surface area is 48.3 Å². The van der Waals surface area contributed by atoms with Gasteiger partial charge in [0.25, 0.3) is 0 Å². The van der Waals surface area contributed by atoms with Gasteiger partial charge < -0.3 is 10.7 Å². The van der Waals surface area contributed by atoms with Crippen molar-refractivity contribution >= 4 is 17.2 Å². The van der Waals surface area contributed by atoms with Crippen LogP contribution in [0.3, 0.4) is 0 Å². The molecule has 0 aromatic heterocycles. The first-order valence-corrected chi connectivity index (χ1v) is 1.88. The van der Waals surface area contributed by atoms with Crippen LogP contribution in [0, 0.1) is 5.21 Å². The number of rotatable bonds is 0. The van der Waals surface area contributed by atoms with Crippen molar-refractivity contribution in [3.05, 3.63) is 5.21 Å². The molecule has 0 heterocycles. The molecule has 0 aliphatic heterocycles. The number of halogens is 3. The zero-order chi connectivity index (χ0) is 6.78. The first-order chi connectivity index (χ1) is 3.48. The molecule has 0 saturated carbocycles. The van der Waals surface area contributed by atoms with E-state index in [1.165, 1.54) is 0 Å². The molecule has 0 bridgehead atoms. The molecule has 0 aromatic rings. The zero-order valence-corrected chi connectivity index (χ0v) is 4.27. The Kier molecular flexibility index (Phi) is 2.17. The van der Waals surface area contributed by atoms with Gasteiger partial charge in [0.1, 0.15) is 0 Å². The lowest BCUT2D eigenvalue weighted by Gasteiger charge is -2.12. The van der Waals surface area contributed by atoms with Gasteiger partial charge >= 0.3 is 6.18 Å². The van der Waals surface area contributed by atoms with E-state index >= 15 is 0 Å². The Morgan fingerprint density at radius 3 is 1.88 bits per heavy atom. The third kappa shape index (κ3) is 2.08. The number of thiocarbonyl (C=S) groups is 1. The minimum absolute atomic E-state index is 0.561. The minimum atomic E-state index is -4.68. The normalized spacial score (nSPS) is 11.0. The lowest BCUT2D eigenvalue weighted by atomic mass is 10.7. The second kappa shape index (κ2) is 2.27. The van der Waals surface area contributed by atoms with E-state index < -0.39 is 11.2 Å². The van der Waals surface area contributed by atoms with Crippen LogP contribution < -0.4 is 5.48 Å². The van der Waals surface area contributed by atoms with Crippen molar-refractivity contribution in [1.29, 1.82) is 0 Å². The lowest BCUT2D eigenvalue weighted by Crippen LogP contribution is -2.30. The first-order valence-electron chi connectivity index (χ1n) is 1.48. The van der Waals surface area contributed by atoms with Gasteiger partial charge in [-0.15, -0.1) is 0 Å². The summed E-state index contributed by atoms with van der Waals surface area (Å²) in [5.41, 5.74) is 0.561. The summed E-state index contributed by atoms with van der Waals surface area (Å²) in [7, 11) is 0. The summed E-state index contributed by atoms with van der Waals surface area (Å²) >= 11 is 3.54. The molecule has 0 aliphatic rings. The molecule has 48 valence electrons. The largest absolute Gasteiger partial charge is 0.760 e. The predicted molar refractivity (Wildman–Crippen MR) is 25.2 cm³/mol. The fourth-order valence-corrected chi connectivity index (χ4v) is 0.0579. The quantitative estimate of drug-likeness (QED) is 0.406. The number of hydrogen-bond donors (Lipinski definition) is 1. The minimum Gasteiger partial charge on any atom is -0.760 e. The number of alkyl halides is 3. The maximum Gasteiger partial charge on any atom is 0.440 e. The molecular weight excluding hydrogens is 143 g/mol. The lowest BCUT2D eigenvalue weighted by molar-refractivity contribution is -0.0585. The molecule has 0 rings (SSSR count). The van der Waals surface area contributed by atoms with E-state index in [1.807, 2.05) is 0 Å². The smallest absolute Gasteiger partial charge is 0.440 e. The van der Waals surface area contributed by atoms with Crippen LogP contribution in [0.5, 0.6) is 0 Å². The van der Waals surface area contributed by atoms with Gasteiger partial charge in [-0.3, -0.25) is 0 Å². The van der Waals surface area contributed by atoms with Crippen LogP contribution in [0.2, 0.25) is 0 Å². The van der Waals surface area contributed by atoms with Gasteiger partial charge in [-0.1, -0.05) is 12.2 Å². The molecule has 6 heteroatoms.